The molecule has 0 saturated heterocycles. The molecule has 9 nitrogen and oxygen atoms in total. The molecular weight excluding hydrogens is 394 g/mol. The number of hydrogen-bond acceptors (Lipinski definition) is 7. The van der Waals surface area contributed by atoms with Gasteiger partial charge in [0.2, 0.25) is 0 Å². The van der Waals surface area contributed by atoms with Crippen molar-refractivity contribution in [2.75, 3.05) is 17.7 Å². The van der Waals surface area contributed by atoms with Gasteiger partial charge >= 0.3 is 0 Å². The molecule has 1 fully saturated rings. The average Bonchev–Trinajstić information content (AvgIpc) is 3.48. The van der Waals surface area contributed by atoms with Crippen LogP contribution in [0.25, 0.3) is 22.2 Å². The highest BCUT2D eigenvalue weighted by Gasteiger charge is 2.24. The molecule has 1 aliphatic rings. The third-order valence-corrected chi connectivity index (χ3v) is 5.74. The number of aliphatic hydroxyl groups is 1. The van der Waals surface area contributed by atoms with E-state index in [2.05, 4.69) is 20.0 Å². The highest BCUT2D eigenvalue weighted by atomic mass is 32.2. The second kappa shape index (κ2) is 7.45. The van der Waals surface area contributed by atoms with Gasteiger partial charge < -0.3 is 15.0 Å². The molecule has 1 aliphatic carbocycles. The second-order valence-electron chi connectivity index (χ2n) is 6.98. The lowest BCUT2D eigenvalue weighted by Gasteiger charge is -2.12. The van der Waals surface area contributed by atoms with Gasteiger partial charge in [-0.2, -0.15) is 4.72 Å². The Hall–Kier alpha value is -2.98. The van der Waals surface area contributed by atoms with Crippen LogP contribution in [0.15, 0.2) is 41.5 Å². The van der Waals surface area contributed by atoms with E-state index in [0.717, 1.165) is 12.8 Å². The van der Waals surface area contributed by atoms with Crippen LogP contribution >= 0.6 is 0 Å². The van der Waals surface area contributed by atoms with Crippen LogP contribution in [-0.4, -0.2) is 46.5 Å². The molecule has 0 aliphatic heterocycles. The molecule has 3 aromatic rings. The first-order chi connectivity index (χ1) is 13.9. The fourth-order valence-electron chi connectivity index (χ4n) is 2.94. The summed E-state index contributed by atoms with van der Waals surface area (Å²) >= 11 is 0. The molecule has 1 saturated carbocycles. The molecule has 0 unspecified atom stereocenters. The van der Waals surface area contributed by atoms with Crippen LogP contribution in [0.1, 0.15) is 12.8 Å². The number of pyridine rings is 1. The first-order valence-electron chi connectivity index (χ1n) is 9.16. The summed E-state index contributed by atoms with van der Waals surface area (Å²) < 4.78 is 28.9. The van der Waals surface area contributed by atoms with Crippen molar-refractivity contribution < 1.29 is 13.5 Å². The van der Waals surface area contributed by atoms with E-state index >= 15 is 0 Å². The Bertz CT molecular complexity index is 1240. The highest BCUT2D eigenvalue weighted by molar-refractivity contribution is 7.89. The maximum Gasteiger partial charge on any atom is 0.264 e. The molecule has 10 heteroatoms. The van der Waals surface area contributed by atoms with Gasteiger partial charge in [-0.25, -0.2) is 18.4 Å². The van der Waals surface area contributed by atoms with Crippen molar-refractivity contribution in [3.05, 3.63) is 47.0 Å². The summed E-state index contributed by atoms with van der Waals surface area (Å²) in [4.78, 5) is 21.6. The molecule has 2 aromatic heterocycles. The Morgan fingerprint density at radius 1 is 1.31 bits per heavy atom. The minimum absolute atomic E-state index is 0.184. The molecule has 1 aromatic carbocycles. The van der Waals surface area contributed by atoms with Crippen LogP contribution in [0.2, 0.25) is 0 Å². The molecule has 1 radical (unpaired) electrons. The lowest BCUT2D eigenvalue weighted by Crippen LogP contribution is -2.19. The first-order valence-corrected chi connectivity index (χ1v) is 10.8. The number of rotatable bonds is 7. The molecule has 4 rings (SSSR count). The van der Waals surface area contributed by atoms with E-state index in [4.69, 9.17) is 5.11 Å². The number of aliphatic hydroxyl groups excluding tert-OH is 1. The van der Waals surface area contributed by atoms with E-state index in [0.29, 0.717) is 28.0 Å². The van der Waals surface area contributed by atoms with Gasteiger partial charge in [-0.1, -0.05) is 12.1 Å². The molecule has 0 bridgehead atoms. The number of sulfonamides is 1. The largest absolute Gasteiger partial charge is 0.395 e. The Morgan fingerprint density at radius 2 is 2.10 bits per heavy atom. The number of aromatic nitrogens is 3. The molecule has 0 amide bonds. The number of fused-ring (bicyclic) bond motifs is 1. The van der Waals surface area contributed by atoms with Crippen LogP contribution in [0.4, 0.5) is 11.5 Å². The third-order valence-electron chi connectivity index (χ3n) is 4.56. The van der Waals surface area contributed by atoms with Gasteiger partial charge in [0.1, 0.15) is 11.2 Å². The van der Waals surface area contributed by atoms with Crippen molar-refractivity contribution in [1.29, 1.82) is 0 Å². The van der Waals surface area contributed by atoms with Gasteiger partial charge in [0.25, 0.3) is 15.6 Å². The third kappa shape index (κ3) is 4.22. The van der Waals surface area contributed by atoms with E-state index in [-0.39, 0.29) is 17.3 Å². The van der Waals surface area contributed by atoms with Gasteiger partial charge in [0.05, 0.1) is 35.6 Å². The lowest BCUT2D eigenvalue weighted by molar-refractivity contribution is 0.319. The predicted molar refractivity (Wildman–Crippen MR) is 110 cm³/mol. The van der Waals surface area contributed by atoms with E-state index in [1.54, 1.807) is 37.4 Å². The maximum absolute atomic E-state index is 12.6. The zero-order chi connectivity index (χ0) is 20.6. The zero-order valence-corrected chi connectivity index (χ0v) is 16.6. The second-order valence-corrected chi connectivity index (χ2v) is 8.74. The summed E-state index contributed by atoms with van der Waals surface area (Å²) in [5, 5.41) is 12.6. The summed E-state index contributed by atoms with van der Waals surface area (Å²) in [6.07, 6.45) is 3.50. The monoisotopic (exact) mass is 414 g/mol. The molecule has 2 N–H and O–H groups in total. The molecule has 0 atom stereocenters. The van der Waals surface area contributed by atoms with Gasteiger partial charge in [-0.15, -0.1) is 0 Å². The van der Waals surface area contributed by atoms with Gasteiger partial charge in [-0.05, 0) is 31.0 Å². The number of nitrogens with zero attached hydrogens (tertiary/aromatic N) is 4. The lowest BCUT2D eigenvalue weighted by atomic mass is 10.1. The van der Waals surface area contributed by atoms with Gasteiger partial charge in [-0.3, -0.25) is 4.79 Å². The van der Waals surface area contributed by atoms with E-state index in [1.165, 1.54) is 10.9 Å². The Morgan fingerprint density at radius 3 is 2.83 bits per heavy atom. The standard InChI is InChI=1S/C19H20N5O4S/c1-24-11-20-16-10-15(22-18(17(16)19(24)26)21-13-5-6-13)12-3-2-4-14(9-12)23-29(27,28)8-7-25/h2-4,9-11,13,25H,5-8H2,1H3,(H,21,22). The van der Waals surface area contributed by atoms with Crippen molar-refractivity contribution >= 4 is 32.4 Å². The van der Waals surface area contributed by atoms with E-state index < -0.39 is 22.4 Å². The summed E-state index contributed by atoms with van der Waals surface area (Å²) in [5.74, 6) is 0.0395. The van der Waals surface area contributed by atoms with Crippen molar-refractivity contribution in [3.63, 3.8) is 0 Å². The van der Waals surface area contributed by atoms with Crippen LogP contribution in [0, 0.1) is 0 Å². The minimum Gasteiger partial charge on any atom is -0.395 e. The summed E-state index contributed by atoms with van der Waals surface area (Å²) in [6, 6.07) is 8.63. The fourth-order valence-corrected chi connectivity index (χ4v) is 3.70. The molecule has 151 valence electrons. The fraction of sp³-hybridized carbons (Fsp3) is 0.316. The number of hydrogen-bond donors (Lipinski definition) is 2. The van der Waals surface area contributed by atoms with Gasteiger partial charge in [0.15, 0.2) is 0 Å². The van der Waals surface area contributed by atoms with Gasteiger partial charge in [0, 0.05) is 18.7 Å². The summed E-state index contributed by atoms with van der Waals surface area (Å²) in [5.41, 5.74) is 1.77. The molecule has 0 spiro atoms. The summed E-state index contributed by atoms with van der Waals surface area (Å²) in [6.45, 7) is -0.491. The number of nitrogens with one attached hydrogen (secondary N) is 1. The zero-order valence-electron chi connectivity index (χ0n) is 15.7. The highest BCUT2D eigenvalue weighted by Crippen LogP contribution is 2.30. The van der Waals surface area contributed by atoms with Crippen LogP contribution in [0.5, 0.6) is 0 Å². The number of benzene rings is 1. The van der Waals surface area contributed by atoms with E-state index in [1.807, 2.05) is 0 Å². The normalized spacial score (nSPS) is 14.1. The van der Waals surface area contributed by atoms with Crippen molar-refractivity contribution in [3.8, 4) is 11.3 Å². The quantitative estimate of drug-likeness (QED) is 0.593. The number of aryl methyl sites for hydroxylation is 1. The molecule has 29 heavy (non-hydrogen) atoms. The topological polar surface area (TPSA) is 128 Å². The average molecular weight is 414 g/mol. The predicted octanol–water partition coefficient (Wildman–Crippen LogP) is 1.13. The van der Waals surface area contributed by atoms with Crippen molar-refractivity contribution in [2.24, 2.45) is 7.05 Å². The molecule has 2 heterocycles. The Balaban J connectivity index is 1.79. The van der Waals surface area contributed by atoms with Crippen LogP contribution in [-0.2, 0) is 17.1 Å². The Kier molecular flexibility index (Phi) is 4.97. The SMILES string of the molecule is Cn1cnc2cc(-c3cccc([N]S(=O)(=O)CCO)c3)nc(NC3CC3)c2c1=O. The van der Waals surface area contributed by atoms with E-state index in [9.17, 15) is 13.2 Å². The Labute approximate surface area is 167 Å². The maximum atomic E-state index is 12.6. The smallest absolute Gasteiger partial charge is 0.264 e. The minimum atomic E-state index is -3.76. The summed E-state index contributed by atoms with van der Waals surface area (Å²) in [7, 11) is -2.12. The van der Waals surface area contributed by atoms with Crippen LogP contribution < -0.4 is 15.6 Å². The van der Waals surface area contributed by atoms with Crippen molar-refractivity contribution in [1.82, 2.24) is 19.3 Å². The van der Waals surface area contributed by atoms with Crippen LogP contribution in [0.3, 0.4) is 0 Å². The van der Waals surface area contributed by atoms with Crippen molar-refractivity contribution in [2.45, 2.75) is 18.9 Å². The number of anilines is 1. The molecular formula is C19H20N5O4S. The first kappa shape index (κ1) is 19.3.